The third-order valence-electron chi connectivity index (χ3n) is 1.85. The van der Waals surface area contributed by atoms with E-state index >= 15 is 0 Å². The molecule has 3 heteroatoms. The summed E-state index contributed by atoms with van der Waals surface area (Å²) in [6.45, 7) is 5.10. The normalized spacial score (nSPS) is 12.4. The number of ether oxygens (including phenoxy) is 2. The first kappa shape index (κ1) is 13.4. The molecule has 0 aromatic rings. The molecule has 3 nitrogen and oxygen atoms in total. The van der Waals surface area contributed by atoms with Crippen LogP contribution in [0.5, 0.6) is 0 Å². The largest absolute Gasteiger partial charge is 0.382 e. The van der Waals surface area contributed by atoms with Gasteiger partial charge in [-0.05, 0) is 26.3 Å². The molecule has 0 aromatic carbocycles. The zero-order chi connectivity index (χ0) is 10.6. The van der Waals surface area contributed by atoms with Crippen molar-refractivity contribution in [2.45, 2.75) is 25.8 Å². The molecule has 1 unspecified atom stereocenters. The van der Waals surface area contributed by atoms with Crippen LogP contribution >= 0.6 is 0 Å². The first-order valence-corrected chi connectivity index (χ1v) is 5.07. The van der Waals surface area contributed by atoms with Crippen LogP contribution in [0.15, 0.2) is 0 Å². The third-order valence-corrected chi connectivity index (χ3v) is 1.85. The van der Waals surface area contributed by atoms with Gasteiger partial charge in [0.2, 0.25) is 0 Å². The number of rotatable bonds is 9. The number of hydrogen-bond acceptors (Lipinski definition) is 3. The SMILES string of the molecule is C#CC(C)NCCCCOCCOC. The van der Waals surface area contributed by atoms with Crippen LogP contribution < -0.4 is 5.32 Å². The lowest BCUT2D eigenvalue weighted by molar-refractivity contribution is 0.0688. The Morgan fingerprint density at radius 1 is 1.29 bits per heavy atom. The molecular weight excluding hydrogens is 178 g/mol. The fraction of sp³-hybridized carbons (Fsp3) is 0.818. The molecule has 0 aliphatic heterocycles. The Labute approximate surface area is 87.2 Å². The van der Waals surface area contributed by atoms with Gasteiger partial charge < -0.3 is 14.8 Å². The highest BCUT2D eigenvalue weighted by atomic mass is 16.5. The van der Waals surface area contributed by atoms with Gasteiger partial charge in [-0.3, -0.25) is 0 Å². The molecular formula is C11H21NO2. The van der Waals surface area contributed by atoms with Crippen LogP contribution in [-0.4, -0.2) is 39.5 Å². The van der Waals surface area contributed by atoms with Gasteiger partial charge in [0.05, 0.1) is 19.3 Å². The Hall–Kier alpha value is -0.560. The average Bonchev–Trinajstić information content (AvgIpc) is 2.21. The van der Waals surface area contributed by atoms with E-state index in [9.17, 15) is 0 Å². The maximum Gasteiger partial charge on any atom is 0.0700 e. The van der Waals surface area contributed by atoms with E-state index in [0.29, 0.717) is 13.2 Å². The molecule has 0 aliphatic rings. The van der Waals surface area contributed by atoms with Gasteiger partial charge in [0.1, 0.15) is 0 Å². The van der Waals surface area contributed by atoms with Crippen molar-refractivity contribution in [2.24, 2.45) is 0 Å². The van der Waals surface area contributed by atoms with E-state index in [1.165, 1.54) is 0 Å². The van der Waals surface area contributed by atoms with Crippen molar-refractivity contribution < 1.29 is 9.47 Å². The molecule has 0 heterocycles. The maximum absolute atomic E-state index is 5.31. The smallest absolute Gasteiger partial charge is 0.0700 e. The van der Waals surface area contributed by atoms with Crippen LogP contribution in [-0.2, 0) is 9.47 Å². The Morgan fingerprint density at radius 3 is 2.71 bits per heavy atom. The fourth-order valence-corrected chi connectivity index (χ4v) is 0.951. The van der Waals surface area contributed by atoms with Gasteiger partial charge in [-0.25, -0.2) is 0 Å². The number of nitrogens with one attached hydrogen (secondary N) is 1. The molecule has 1 atom stereocenters. The van der Waals surface area contributed by atoms with E-state index in [4.69, 9.17) is 15.9 Å². The van der Waals surface area contributed by atoms with E-state index in [0.717, 1.165) is 26.0 Å². The van der Waals surface area contributed by atoms with Crippen molar-refractivity contribution >= 4 is 0 Å². The molecule has 0 spiro atoms. The molecule has 0 amide bonds. The van der Waals surface area contributed by atoms with Crippen LogP contribution in [0.1, 0.15) is 19.8 Å². The summed E-state index contributed by atoms with van der Waals surface area (Å²) < 4.78 is 10.2. The Balaban J connectivity index is 2.96. The standard InChI is InChI=1S/C11H21NO2/c1-4-11(2)12-7-5-6-8-14-10-9-13-3/h1,11-12H,5-10H2,2-3H3. The Kier molecular flexibility index (Phi) is 10.1. The van der Waals surface area contributed by atoms with Gasteiger partial charge in [0, 0.05) is 13.7 Å². The minimum atomic E-state index is 0.171. The first-order chi connectivity index (χ1) is 6.81. The monoisotopic (exact) mass is 199 g/mol. The molecule has 0 radical (unpaired) electrons. The Bertz CT molecular complexity index is 154. The molecule has 0 fully saturated rings. The molecule has 82 valence electrons. The molecule has 0 aliphatic carbocycles. The van der Waals surface area contributed by atoms with Crippen LogP contribution in [0.4, 0.5) is 0 Å². The Morgan fingerprint density at radius 2 is 2.07 bits per heavy atom. The predicted octanol–water partition coefficient (Wildman–Crippen LogP) is 1.04. The van der Waals surface area contributed by atoms with E-state index in [1.54, 1.807) is 7.11 Å². The minimum absolute atomic E-state index is 0.171. The number of unbranched alkanes of at least 4 members (excludes halogenated alkanes) is 1. The molecule has 0 bridgehead atoms. The summed E-state index contributed by atoms with van der Waals surface area (Å²) in [5, 5.41) is 3.22. The number of methoxy groups -OCH3 is 1. The zero-order valence-corrected chi connectivity index (χ0v) is 9.21. The predicted molar refractivity (Wildman–Crippen MR) is 58.2 cm³/mol. The maximum atomic E-state index is 5.31. The van der Waals surface area contributed by atoms with E-state index in [1.807, 2.05) is 6.92 Å². The molecule has 0 rings (SSSR count). The van der Waals surface area contributed by atoms with Crippen molar-refractivity contribution in [3.05, 3.63) is 0 Å². The third kappa shape index (κ3) is 9.53. The second kappa shape index (κ2) is 10.5. The lowest BCUT2D eigenvalue weighted by atomic mass is 10.3. The molecule has 1 N–H and O–H groups in total. The van der Waals surface area contributed by atoms with Crippen molar-refractivity contribution in [1.29, 1.82) is 0 Å². The van der Waals surface area contributed by atoms with Crippen LogP contribution in [0.25, 0.3) is 0 Å². The summed E-state index contributed by atoms with van der Waals surface area (Å²) in [4.78, 5) is 0. The summed E-state index contributed by atoms with van der Waals surface area (Å²) in [7, 11) is 1.68. The first-order valence-electron chi connectivity index (χ1n) is 5.07. The van der Waals surface area contributed by atoms with Crippen molar-refractivity contribution in [3.63, 3.8) is 0 Å². The average molecular weight is 199 g/mol. The van der Waals surface area contributed by atoms with Crippen LogP contribution in [0.2, 0.25) is 0 Å². The lowest BCUT2D eigenvalue weighted by Gasteiger charge is -2.07. The number of terminal acetylenes is 1. The topological polar surface area (TPSA) is 30.5 Å². The quantitative estimate of drug-likeness (QED) is 0.444. The molecule has 0 aromatic heterocycles. The summed E-state index contributed by atoms with van der Waals surface area (Å²) in [6.07, 6.45) is 7.38. The van der Waals surface area contributed by atoms with Crippen molar-refractivity contribution in [1.82, 2.24) is 5.32 Å². The van der Waals surface area contributed by atoms with Crippen molar-refractivity contribution in [2.75, 3.05) is 33.5 Å². The van der Waals surface area contributed by atoms with E-state index in [-0.39, 0.29) is 6.04 Å². The molecule has 0 saturated heterocycles. The highest BCUT2D eigenvalue weighted by Crippen LogP contribution is 1.89. The minimum Gasteiger partial charge on any atom is -0.382 e. The summed E-state index contributed by atoms with van der Waals surface area (Å²) >= 11 is 0. The van der Waals surface area contributed by atoms with Gasteiger partial charge in [0.15, 0.2) is 0 Å². The second-order valence-corrected chi connectivity index (χ2v) is 3.15. The highest BCUT2D eigenvalue weighted by molar-refractivity contribution is 4.95. The van der Waals surface area contributed by atoms with Crippen LogP contribution in [0, 0.1) is 12.3 Å². The van der Waals surface area contributed by atoms with Gasteiger partial charge in [-0.2, -0.15) is 0 Å². The lowest BCUT2D eigenvalue weighted by Crippen LogP contribution is -2.25. The van der Waals surface area contributed by atoms with Gasteiger partial charge in [-0.15, -0.1) is 6.42 Å². The fourth-order valence-electron chi connectivity index (χ4n) is 0.951. The van der Waals surface area contributed by atoms with Crippen LogP contribution in [0.3, 0.4) is 0 Å². The molecule has 14 heavy (non-hydrogen) atoms. The zero-order valence-electron chi connectivity index (χ0n) is 9.21. The van der Waals surface area contributed by atoms with E-state index < -0.39 is 0 Å². The summed E-state index contributed by atoms with van der Waals surface area (Å²) in [5.41, 5.74) is 0. The second-order valence-electron chi connectivity index (χ2n) is 3.15. The van der Waals surface area contributed by atoms with E-state index in [2.05, 4.69) is 11.2 Å². The van der Waals surface area contributed by atoms with Crippen molar-refractivity contribution in [3.8, 4) is 12.3 Å². The summed E-state index contributed by atoms with van der Waals surface area (Å²) in [6, 6.07) is 0.171. The summed E-state index contributed by atoms with van der Waals surface area (Å²) in [5.74, 6) is 2.62. The van der Waals surface area contributed by atoms with Gasteiger partial charge in [0.25, 0.3) is 0 Å². The molecule has 0 saturated carbocycles. The highest BCUT2D eigenvalue weighted by Gasteiger charge is 1.94. The van der Waals surface area contributed by atoms with Gasteiger partial charge in [-0.1, -0.05) is 5.92 Å². The van der Waals surface area contributed by atoms with Gasteiger partial charge >= 0.3 is 0 Å². The number of hydrogen-bond donors (Lipinski definition) is 1.